The largest absolute Gasteiger partial charge is 0.314 e. The van der Waals surface area contributed by atoms with Gasteiger partial charge in [0.25, 0.3) is 0 Å². The van der Waals surface area contributed by atoms with E-state index in [2.05, 4.69) is 40.4 Å². The molecule has 0 unspecified atom stereocenters. The number of hydrogen-bond acceptors (Lipinski definition) is 2. The first kappa shape index (κ1) is 14.6. The Kier molecular flexibility index (Phi) is 6.70. The molecular formula is C13H20BrFN2. The van der Waals surface area contributed by atoms with Crippen LogP contribution in [0.2, 0.25) is 0 Å². The maximum Gasteiger partial charge on any atom is 0.124 e. The van der Waals surface area contributed by atoms with Crippen molar-refractivity contribution < 1.29 is 4.39 Å². The zero-order valence-corrected chi connectivity index (χ0v) is 12.0. The minimum Gasteiger partial charge on any atom is -0.314 e. The first-order chi connectivity index (χ1) is 8.08. The van der Waals surface area contributed by atoms with E-state index in [1.807, 2.05) is 6.07 Å². The Morgan fingerprint density at radius 1 is 1.24 bits per heavy atom. The quantitative estimate of drug-likeness (QED) is 0.757. The minimum absolute atomic E-state index is 0.197. The van der Waals surface area contributed by atoms with Crippen LogP contribution in [0.1, 0.15) is 25.8 Å². The van der Waals surface area contributed by atoms with Crippen molar-refractivity contribution in [1.82, 2.24) is 10.6 Å². The van der Waals surface area contributed by atoms with Gasteiger partial charge < -0.3 is 10.6 Å². The first-order valence-electron chi connectivity index (χ1n) is 5.97. The molecule has 0 aliphatic rings. The number of halogens is 2. The second-order valence-electron chi connectivity index (χ2n) is 4.42. The zero-order chi connectivity index (χ0) is 12.7. The third kappa shape index (κ3) is 6.76. The molecule has 0 aromatic heterocycles. The molecule has 2 N–H and O–H groups in total. The van der Waals surface area contributed by atoms with Crippen LogP contribution in [-0.4, -0.2) is 19.1 Å². The van der Waals surface area contributed by atoms with Gasteiger partial charge in [-0.15, -0.1) is 0 Å². The summed E-state index contributed by atoms with van der Waals surface area (Å²) in [4.78, 5) is 0. The Morgan fingerprint density at radius 3 is 2.65 bits per heavy atom. The van der Waals surface area contributed by atoms with Crippen LogP contribution in [-0.2, 0) is 6.54 Å². The van der Waals surface area contributed by atoms with Gasteiger partial charge in [0.15, 0.2) is 0 Å². The normalized spacial score (nSPS) is 11.1. The van der Waals surface area contributed by atoms with Gasteiger partial charge in [-0.2, -0.15) is 0 Å². The topological polar surface area (TPSA) is 24.1 Å². The number of rotatable bonds is 7. The summed E-state index contributed by atoms with van der Waals surface area (Å²) in [5, 5.41) is 6.66. The smallest absolute Gasteiger partial charge is 0.124 e. The standard InChI is InChI=1S/C13H20BrFN2/c1-10(2)17-5-3-4-16-9-11-6-12(14)8-13(15)7-11/h6-8,10,16-17H,3-5,9H2,1-2H3. The van der Waals surface area contributed by atoms with E-state index in [0.717, 1.165) is 29.5 Å². The van der Waals surface area contributed by atoms with Gasteiger partial charge in [0, 0.05) is 17.1 Å². The van der Waals surface area contributed by atoms with Crippen molar-refractivity contribution in [3.05, 3.63) is 34.1 Å². The van der Waals surface area contributed by atoms with Crippen LogP contribution in [0.4, 0.5) is 4.39 Å². The van der Waals surface area contributed by atoms with Crippen molar-refractivity contribution in [2.24, 2.45) is 0 Å². The highest BCUT2D eigenvalue weighted by molar-refractivity contribution is 9.10. The van der Waals surface area contributed by atoms with Crippen molar-refractivity contribution in [3.8, 4) is 0 Å². The molecule has 0 spiro atoms. The summed E-state index contributed by atoms with van der Waals surface area (Å²) in [6.07, 6.45) is 1.08. The SMILES string of the molecule is CC(C)NCCCNCc1cc(F)cc(Br)c1. The molecule has 0 aliphatic heterocycles. The van der Waals surface area contributed by atoms with E-state index >= 15 is 0 Å². The third-order valence-electron chi connectivity index (χ3n) is 2.33. The molecule has 0 heterocycles. The minimum atomic E-state index is -0.197. The molecule has 0 saturated heterocycles. The summed E-state index contributed by atoms with van der Waals surface area (Å²) < 4.78 is 13.9. The van der Waals surface area contributed by atoms with E-state index < -0.39 is 0 Å². The van der Waals surface area contributed by atoms with Gasteiger partial charge in [-0.25, -0.2) is 4.39 Å². The summed E-state index contributed by atoms with van der Waals surface area (Å²) in [6.45, 7) is 6.93. The lowest BCUT2D eigenvalue weighted by molar-refractivity contribution is 0.546. The van der Waals surface area contributed by atoms with Gasteiger partial charge in [0.1, 0.15) is 5.82 Å². The highest BCUT2D eigenvalue weighted by Gasteiger charge is 1.98. The van der Waals surface area contributed by atoms with Gasteiger partial charge in [-0.3, -0.25) is 0 Å². The lowest BCUT2D eigenvalue weighted by atomic mass is 10.2. The molecule has 0 saturated carbocycles. The Balaban J connectivity index is 2.18. The Hall–Kier alpha value is -0.450. The monoisotopic (exact) mass is 302 g/mol. The summed E-state index contributed by atoms with van der Waals surface area (Å²) in [5.74, 6) is -0.197. The Labute approximate surface area is 111 Å². The molecule has 0 bridgehead atoms. The van der Waals surface area contributed by atoms with E-state index in [0.29, 0.717) is 12.6 Å². The number of nitrogens with one attached hydrogen (secondary N) is 2. The molecule has 2 nitrogen and oxygen atoms in total. The summed E-state index contributed by atoms with van der Waals surface area (Å²) in [5.41, 5.74) is 0.966. The van der Waals surface area contributed by atoms with E-state index in [4.69, 9.17) is 0 Å². The van der Waals surface area contributed by atoms with Crippen molar-refractivity contribution in [2.75, 3.05) is 13.1 Å². The van der Waals surface area contributed by atoms with Crippen molar-refractivity contribution >= 4 is 15.9 Å². The molecule has 1 aromatic rings. The fourth-order valence-corrected chi connectivity index (χ4v) is 2.06. The Bertz CT molecular complexity index is 322. The molecular weight excluding hydrogens is 283 g/mol. The fourth-order valence-electron chi connectivity index (χ4n) is 1.55. The zero-order valence-electron chi connectivity index (χ0n) is 10.4. The summed E-state index contributed by atoms with van der Waals surface area (Å²) in [6, 6.07) is 5.50. The van der Waals surface area contributed by atoms with Gasteiger partial charge in [-0.1, -0.05) is 29.8 Å². The molecule has 0 radical (unpaired) electrons. The predicted octanol–water partition coefficient (Wildman–Crippen LogP) is 3.07. The molecule has 0 atom stereocenters. The lowest BCUT2D eigenvalue weighted by Gasteiger charge is -2.09. The van der Waals surface area contributed by atoms with E-state index in [-0.39, 0.29) is 5.82 Å². The van der Waals surface area contributed by atoms with Gasteiger partial charge in [0.2, 0.25) is 0 Å². The van der Waals surface area contributed by atoms with E-state index in [1.54, 1.807) is 6.07 Å². The van der Waals surface area contributed by atoms with Crippen molar-refractivity contribution in [1.29, 1.82) is 0 Å². The van der Waals surface area contributed by atoms with Crippen LogP contribution in [0.25, 0.3) is 0 Å². The molecule has 1 rings (SSSR count). The van der Waals surface area contributed by atoms with Gasteiger partial charge in [0.05, 0.1) is 0 Å². The van der Waals surface area contributed by atoms with Crippen LogP contribution in [0.3, 0.4) is 0 Å². The average Bonchev–Trinajstić information content (AvgIpc) is 2.21. The number of hydrogen-bond donors (Lipinski definition) is 2. The first-order valence-corrected chi connectivity index (χ1v) is 6.76. The molecule has 0 amide bonds. The van der Waals surface area contributed by atoms with E-state index in [1.165, 1.54) is 6.07 Å². The van der Waals surface area contributed by atoms with Gasteiger partial charge >= 0.3 is 0 Å². The lowest BCUT2D eigenvalue weighted by Crippen LogP contribution is -2.26. The van der Waals surface area contributed by atoms with Crippen molar-refractivity contribution in [3.63, 3.8) is 0 Å². The van der Waals surface area contributed by atoms with Crippen molar-refractivity contribution in [2.45, 2.75) is 32.9 Å². The highest BCUT2D eigenvalue weighted by atomic mass is 79.9. The maximum atomic E-state index is 13.1. The third-order valence-corrected chi connectivity index (χ3v) is 2.79. The fraction of sp³-hybridized carbons (Fsp3) is 0.538. The van der Waals surface area contributed by atoms with Crippen LogP contribution < -0.4 is 10.6 Å². The molecule has 96 valence electrons. The molecule has 4 heteroatoms. The summed E-state index contributed by atoms with van der Waals surface area (Å²) >= 11 is 3.28. The predicted molar refractivity (Wildman–Crippen MR) is 73.6 cm³/mol. The molecule has 0 fully saturated rings. The van der Waals surface area contributed by atoms with Crippen LogP contribution in [0.5, 0.6) is 0 Å². The second-order valence-corrected chi connectivity index (χ2v) is 5.33. The summed E-state index contributed by atoms with van der Waals surface area (Å²) in [7, 11) is 0. The molecule has 0 aliphatic carbocycles. The molecule has 1 aromatic carbocycles. The van der Waals surface area contributed by atoms with Crippen LogP contribution >= 0.6 is 15.9 Å². The molecule has 17 heavy (non-hydrogen) atoms. The number of benzene rings is 1. The van der Waals surface area contributed by atoms with Gasteiger partial charge in [-0.05, 0) is 43.3 Å². The van der Waals surface area contributed by atoms with Crippen LogP contribution in [0.15, 0.2) is 22.7 Å². The Morgan fingerprint density at radius 2 is 2.00 bits per heavy atom. The van der Waals surface area contributed by atoms with E-state index in [9.17, 15) is 4.39 Å². The second kappa shape index (κ2) is 7.80. The highest BCUT2D eigenvalue weighted by Crippen LogP contribution is 2.14. The average molecular weight is 303 g/mol. The maximum absolute atomic E-state index is 13.1. The van der Waals surface area contributed by atoms with Crippen LogP contribution in [0, 0.1) is 5.82 Å².